The average Bonchev–Trinajstić information content (AvgIpc) is 3.09. The van der Waals surface area contributed by atoms with Crippen molar-refractivity contribution in [3.8, 4) is 0 Å². The third-order valence-electron chi connectivity index (χ3n) is 4.43. The van der Waals surface area contributed by atoms with Crippen molar-refractivity contribution in [1.29, 1.82) is 0 Å². The SMILES string of the molecule is CCC(CC)Nc1nc(NCCN2CCOCC2)nc2nc[nH]c12. The van der Waals surface area contributed by atoms with E-state index in [9.17, 15) is 0 Å². The lowest BCUT2D eigenvalue weighted by Gasteiger charge is -2.26. The van der Waals surface area contributed by atoms with Crippen LogP contribution in [0.2, 0.25) is 0 Å². The molecule has 0 saturated carbocycles. The Morgan fingerprint density at radius 1 is 1.25 bits per heavy atom. The van der Waals surface area contributed by atoms with Crippen LogP contribution in [0.3, 0.4) is 0 Å². The van der Waals surface area contributed by atoms with E-state index in [-0.39, 0.29) is 0 Å². The Hall–Kier alpha value is -1.93. The number of hydrogen-bond donors (Lipinski definition) is 3. The van der Waals surface area contributed by atoms with Crippen LogP contribution in [0.25, 0.3) is 11.2 Å². The van der Waals surface area contributed by atoms with Crippen molar-refractivity contribution in [3.63, 3.8) is 0 Å². The molecule has 0 spiro atoms. The van der Waals surface area contributed by atoms with Crippen LogP contribution >= 0.6 is 0 Å². The molecule has 2 aromatic heterocycles. The van der Waals surface area contributed by atoms with E-state index in [1.54, 1.807) is 6.33 Å². The molecule has 1 aliphatic heterocycles. The number of nitrogens with one attached hydrogen (secondary N) is 3. The summed E-state index contributed by atoms with van der Waals surface area (Å²) in [5.41, 5.74) is 1.55. The van der Waals surface area contributed by atoms with Gasteiger partial charge in [-0.2, -0.15) is 9.97 Å². The molecule has 0 radical (unpaired) electrons. The average molecular weight is 333 g/mol. The Labute approximate surface area is 142 Å². The smallest absolute Gasteiger partial charge is 0.226 e. The zero-order valence-corrected chi connectivity index (χ0v) is 14.5. The van der Waals surface area contributed by atoms with Crippen molar-refractivity contribution in [2.45, 2.75) is 32.7 Å². The van der Waals surface area contributed by atoms with Gasteiger partial charge in [-0.25, -0.2) is 4.98 Å². The molecule has 2 aromatic rings. The molecule has 0 aliphatic carbocycles. The molecule has 3 N–H and O–H groups in total. The summed E-state index contributed by atoms with van der Waals surface area (Å²) >= 11 is 0. The second kappa shape index (κ2) is 8.25. The highest BCUT2D eigenvalue weighted by Gasteiger charge is 2.14. The molecule has 1 aliphatic rings. The fraction of sp³-hybridized carbons (Fsp3) is 0.688. The lowest BCUT2D eigenvalue weighted by atomic mass is 10.2. The van der Waals surface area contributed by atoms with E-state index in [0.29, 0.717) is 17.6 Å². The maximum absolute atomic E-state index is 5.37. The van der Waals surface area contributed by atoms with Gasteiger partial charge in [-0.1, -0.05) is 13.8 Å². The molecule has 1 saturated heterocycles. The Morgan fingerprint density at radius 3 is 2.79 bits per heavy atom. The fourth-order valence-corrected chi connectivity index (χ4v) is 2.85. The van der Waals surface area contributed by atoms with Crippen molar-refractivity contribution in [3.05, 3.63) is 6.33 Å². The second-order valence-corrected chi connectivity index (χ2v) is 6.04. The normalized spacial score (nSPS) is 16.0. The van der Waals surface area contributed by atoms with E-state index in [4.69, 9.17) is 4.74 Å². The van der Waals surface area contributed by atoms with Gasteiger partial charge in [0.1, 0.15) is 5.52 Å². The minimum absolute atomic E-state index is 0.396. The summed E-state index contributed by atoms with van der Waals surface area (Å²) in [6.07, 6.45) is 3.76. The predicted octanol–water partition coefficient (Wildman–Crippen LogP) is 1.70. The largest absolute Gasteiger partial charge is 0.379 e. The Kier molecular flexibility index (Phi) is 5.81. The third kappa shape index (κ3) is 4.12. The molecular weight excluding hydrogens is 306 g/mol. The van der Waals surface area contributed by atoms with Gasteiger partial charge in [0.15, 0.2) is 11.5 Å². The maximum atomic E-state index is 5.37. The minimum atomic E-state index is 0.396. The number of anilines is 2. The van der Waals surface area contributed by atoms with Gasteiger partial charge in [-0.15, -0.1) is 0 Å². The fourth-order valence-electron chi connectivity index (χ4n) is 2.85. The summed E-state index contributed by atoms with van der Waals surface area (Å²) in [5.74, 6) is 1.44. The lowest BCUT2D eigenvalue weighted by Crippen LogP contribution is -2.39. The molecule has 3 heterocycles. The van der Waals surface area contributed by atoms with E-state index in [2.05, 4.69) is 49.3 Å². The third-order valence-corrected chi connectivity index (χ3v) is 4.43. The zero-order chi connectivity index (χ0) is 16.8. The van der Waals surface area contributed by atoms with Gasteiger partial charge in [0, 0.05) is 32.2 Å². The van der Waals surface area contributed by atoms with Crippen LogP contribution in [-0.2, 0) is 4.74 Å². The first kappa shape index (κ1) is 16.9. The summed E-state index contributed by atoms with van der Waals surface area (Å²) in [7, 11) is 0. The zero-order valence-electron chi connectivity index (χ0n) is 14.5. The number of imidazole rings is 1. The van der Waals surface area contributed by atoms with Crippen molar-refractivity contribution >= 4 is 22.9 Å². The van der Waals surface area contributed by atoms with Crippen molar-refractivity contribution < 1.29 is 4.74 Å². The molecule has 8 heteroatoms. The van der Waals surface area contributed by atoms with Crippen molar-refractivity contribution in [2.24, 2.45) is 0 Å². The standard InChI is InChI=1S/C16H27N7O/c1-3-12(4-2)20-15-13-14(19-11-18-13)21-16(22-15)17-5-6-23-7-9-24-10-8-23/h11-12H,3-10H2,1-2H3,(H3,17,18,19,20,21,22). The number of fused-ring (bicyclic) bond motifs is 1. The number of rotatable bonds is 8. The number of aromatic amines is 1. The number of ether oxygens (including phenoxy) is 1. The highest BCUT2D eigenvalue weighted by atomic mass is 16.5. The van der Waals surface area contributed by atoms with Crippen molar-refractivity contribution in [2.75, 3.05) is 50.0 Å². The molecule has 0 bridgehead atoms. The Balaban J connectivity index is 1.66. The van der Waals surface area contributed by atoms with E-state index in [0.717, 1.165) is 63.6 Å². The van der Waals surface area contributed by atoms with E-state index >= 15 is 0 Å². The van der Waals surface area contributed by atoms with Crippen LogP contribution in [0.15, 0.2) is 6.33 Å². The van der Waals surface area contributed by atoms with Crippen LogP contribution in [0.1, 0.15) is 26.7 Å². The van der Waals surface area contributed by atoms with Gasteiger partial charge in [-0.3, -0.25) is 4.90 Å². The van der Waals surface area contributed by atoms with Crippen LogP contribution in [0, 0.1) is 0 Å². The molecule has 0 atom stereocenters. The number of morpholine rings is 1. The van der Waals surface area contributed by atoms with Crippen LogP contribution in [0.4, 0.5) is 11.8 Å². The summed E-state index contributed by atoms with van der Waals surface area (Å²) in [6.45, 7) is 9.73. The molecule has 3 rings (SSSR count). The van der Waals surface area contributed by atoms with Gasteiger partial charge in [-0.05, 0) is 12.8 Å². The van der Waals surface area contributed by atoms with Crippen LogP contribution < -0.4 is 10.6 Å². The first-order valence-corrected chi connectivity index (χ1v) is 8.81. The first-order valence-electron chi connectivity index (χ1n) is 8.81. The summed E-state index contributed by atoms with van der Waals surface area (Å²) in [6, 6.07) is 0.396. The molecule has 132 valence electrons. The van der Waals surface area contributed by atoms with Crippen LogP contribution in [0.5, 0.6) is 0 Å². The molecule has 24 heavy (non-hydrogen) atoms. The summed E-state index contributed by atoms with van der Waals surface area (Å²) in [5, 5.41) is 6.82. The Morgan fingerprint density at radius 2 is 2.04 bits per heavy atom. The second-order valence-electron chi connectivity index (χ2n) is 6.04. The number of aromatic nitrogens is 4. The van der Waals surface area contributed by atoms with E-state index in [1.165, 1.54) is 0 Å². The summed E-state index contributed by atoms with van der Waals surface area (Å²) < 4.78 is 5.37. The van der Waals surface area contributed by atoms with E-state index < -0.39 is 0 Å². The monoisotopic (exact) mass is 333 g/mol. The maximum Gasteiger partial charge on any atom is 0.226 e. The molecule has 0 unspecified atom stereocenters. The van der Waals surface area contributed by atoms with Crippen LogP contribution in [-0.4, -0.2) is 70.3 Å². The van der Waals surface area contributed by atoms with Gasteiger partial charge >= 0.3 is 0 Å². The van der Waals surface area contributed by atoms with E-state index in [1.807, 2.05) is 0 Å². The minimum Gasteiger partial charge on any atom is -0.379 e. The molecular formula is C16H27N7O. The quantitative estimate of drug-likeness (QED) is 0.677. The topological polar surface area (TPSA) is 91.0 Å². The van der Waals surface area contributed by atoms with Gasteiger partial charge in [0.2, 0.25) is 5.95 Å². The van der Waals surface area contributed by atoms with Crippen molar-refractivity contribution in [1.82, 2.24) is 24.8 Å². The van der Waals surface area contributed by atoms with Gasteiger partial charge in [0.05, 0.1) is 19.5 Å². The number of hydrogen-bond acceptors (Lipinski definition) is 7. The molecule has 1 fully saturated rings. The van der Waals surface area contributed by atoms with Gasteiger partial charge in [0.25, 0.3) is 0 Å². The Bertz CT molecular complexity index is 634. The van der Waals surface area contributed by atoms with Gasteiger partial charge < -0.3 is 20.4 Å². The molecule has 0 aromatic carbocycles. The summed E-state index contributed by atoms with van der Waals surface area (Å²) in [4.78, 5) is 18.9. The highest BCUT2D eigenvalue weighted by Crippen LogP contribution is 2.20. The molecule has 8 nitrogen and oxygen atoms in total. The highest BCUT2D eigenvalue weighted by molar-refractivity contribution is 5.83. The number of nitrogens with zero attached hydrogens (tertiary/aromatic N) is 4. The predicted molar refractivity (Wildman–Crippen MR) is 95.4 cm³/mol. The number of H-pyrrole nitrogens is 1. The lowest BCUT2D eigenvalue weighted by molar-refractivity contribution is 0.0398. The first-order chi connectivity index (χ1) is 11.8. The molecule has 0 amide bonds.